The summed E-state index contributed by atoms with van der Waals surface area (Å²) in [4.78, 5) is 25.4. The highest BCUT2D eigenvalue weighted by atomic mass is 16.1. The average Bonchev–Trinajstić information content (AvgIpc) is 2.51. The first-order chi connectivity index (χ1) is 11.8. The topological polar surface area (TPSA) is 46.2 Å². The van der Waals surface area contributed by atoms with E-state index in [9.17, 15) is 9.59 Å². The van der Waals surface area contributed by atoms with E-state index >= 15 is 0 Å². The number of rotatable bonds is 12. The van der Waals surface area contributed by atoms with Gasteiger partial charge in [-0.15, -0.1) is 0 Å². The van der Waals surface area contributed by atoms with Gasteiger partial charge in [-0.3, -0.25) is 9.59 Å². The van der Waals surface area contributed by atoms with E-state index in [-0.39, 0.29) is 23.0 Å². The fourth-order valence-corrected chi connectivity index (χ4v) is 3.48. The summed E-state index contributed by atoms with van der Waals surface area (Å²) in [5.41, 5.74) is -0.888. The van der Waals surface area contributed by atoms with Gasteiger partial charge < -0.3 is 5.32 Å². The molecule has 0 aliphatic rings. The van der Waals surface area contributed by atoms with Crippen LogP contribution in [0.4, 0.5) is 0 Å². The molecule has 0 saturated carbocycles. The van der Waals surface area contributed by atoms with Crippen molar-refractivity contribution in [2.24, 2.45) is 34.5 Å². The van der Waals surface area contributed by atoms with Crippen molar-refractivity contribution in [1.82, 2.24) is 5.32 Å². The fourth-order valence-electron chi connectivity index (χ4n) is 3.48. The number of nitrogens with one attached hydrogen (secondary N) is 1. The molecule has 0 aliphatic carbocycles. The van der Waals surface area contributed by atoms with E-state index in [2.05, 4.69) is 39.9 Å². The predicted molar refractivity (Wildman–Crippen MR) is 112 cm³/mol. The standard InChI is InChI=1S/C23H45NO2/c1-11-12-18(5)21(26)23(9,10)22(7,8)14-20(25)24-15-17(4)13-19(6)16(2)3/h16-19H,11-15H2,1-10H3,(H,24,25). The first-order valence-electron chi connectivity index (χ1n) is 10.6. The molecule has 3 heteroatoms. The minimum atomic E-state index is -0.517. The third-order valence-corrected chi connectivity index (χ3v) is 6.64. The molecule has 0 radical (unpaired) electrons. The van der Waals surface area contributed by atoms with Gasteiger partial charge in [0, 0.05) is 24.3 Å². The zero-order chi connectivity index (χ0) is 20.7. The molecule has 0 heterocycles. The van der Waals surface area contributed by atoms with Gasteiger partial charge in [-0.25, -0.2) is 0 Å². The molecule has 26 heavy (non-hydrogen) atoms. The van der Waals surface area contributed by atoms with Crippen molar-refractivity contribution in [1.29, 1.82) is 0 Å². The summed E-state index contributed by atoms with van der Waals surface area (Å²) < 4.78 is 0. The molecular weight excluding hydrogens is 322 g/mol. The van der Waals surface area contributed by atoms with Crippen LogP contribution in [0.2, 0.25) is 0 Å². The van der Waals surface area contributed by atoms with Gasteiger partial charge in [-0.2, -0.15) is 0 Å². The number of hydrogen-bond acceptors (Lipinski definition) is 2. The molecule has 1 N–H and O–H groups in total. The van der Waals surface area contributed by atoms with Gasteiger partial charge >= 0.3 is 0 Å². The van der Waals surface area contributed by atoms with E-state index in [1.54, 1.807) is 0 Å². The van der Waals surface area contributed by atoms with Crippen LogP contribution < -0.4 is 5.32 Å². The molecule has 0 rings (SSSR count). The number of hydrogen-bond donors (Lipinski definition) is 1. The Morgan fingerprint density at radius 2 is 1.50 bits per heavy atom. The summed E-state index contributed by atoms with van der Waals surface area (Å²) >= 11 is 0. The van der Waals surface area contributed by atoms with Crippen molar-refractivity contribution >= 4 is 11.7 Å². The van der Waals surface area contributed by atoms with E-state index in [0.29, 0.717) is 30.7 Å². The summed E-state index contributed by atoms with van der Waals surface area (Å²) in [6.45, 7) is 21.9. The van der Waals surface area contributed by atoms with Crippen LogP contribution in [0.15, 0.2) is 0 Å². The third-order valence-electron chi connectivity index (χ3n) is 6.64. The van der Waals surface area contributed by atoms with Crippen molar-refractivity contribution in [3.05, 3.63) is 0 Å². The molecule has 0 spiro atoms. The lowest BCUT2D eigenvalue weighted by Gasteiger charge is -2.41. The molecule has 0 aromatic carbocycles. The zero-order valence-corrected chi connectivity index (χ0v) is 19.2. The maximum Gasteiger partial charge on any atom is 0.220 e. The van der Waals surface area contributed by atoms with Gasteiger partial charge in [0.2, 0.25) is 5.91 Å². The summed E-state index contributed by atoms with van der Waals surface area (Å²) in [6.07, 6.45) is 3.43. The molecule has 0 fully saturated rings. The lowest BCUT2D eigenvalue weighted by Crippen LogP contribution is -2.45. The molecule has 0 aromatic heterocycles. The Morgan fingerprint density at radius 3 is 1.96 bits per heavy atom. The molecule has 3 atom stereocenters. The molecule has 0 aromatic rings. The second-order valence-corrected chi connectivity index (χ2v) is 10.1. The maximum absolute atomic E-state index is 12.9. The molecule has 154 valence electrons. The number of carbonyl (C=O) groups is 2. The van der Waals surface area contributed by atoms with E-state index in [0.717, 1.165) is 19.3 Å². The van der Waals surface area contributed by atoms with Crippen LogP contribution in [0.3, 0.4) is 0 Å². The van der Waals surface area contributed by atoms with Crippen LogP contribution in [0.1, 0.15) is 94.9 Å². The smallest absolute Gasteiger partial charge is 0.220 e. The highest BCUT2D eigenvalue weighted by Crippen LogP contribution is 2.44. The Bertz CT molecular complexity index is 451. The van der Waals surface area contributed by atoms with Gasteiger partial charge in [0.05, 0.1) is 0 Å². The van der Waals surface area contributed by atoms with Crippen LogP contribution in [0.25, 0.3) is 0 Å². The summed E-state index contributed by atoms with van der Waals surface area (Å²) in [5.74, 6) is 2.19. The molecule has 3 unspecified atom stereocenters. The summed E-state index contributed by atoms with van der Waals surface area (Å²) in [5, 5.41) is 3.10. The second-order valence-electron chi connectivity index (χ2n) is 10.1. The van der Waals surface area contributed by atoms with Crippen molar-refractivity contribution in [2.45, 2.75) is 94.9 Å². The Hall–Kier alpha value is -0.860. The van der Waals surface area contributed by atoms with Crippen LogP contribution in [0, 0.1) is 34.5 Å². The summed E-state index contributed by atoms with van der Waals surface area (Å²) in [6, 6.07) is 0. The highest BCUT2D eigenvalue weighted by molar-refractivity contribution is 5.88. The summed E-state index contributed by atoms with van der Waals surface area (Å²) in [7, 11) is 0. The van der Waals surface area contributed by atoms with Crippen LogP contribution in [0.5, 0.6) is 0 Å². The number of amides is 1. The Kier molecular flexibility index (Phi) is 10.1. The predicted octanol–water partition coefficient (Wildman–Crippen LogP) is 5.87. The average molecular weight is 368 g/mol. The minimum absolute atomic E-state index is 0.0508. The van der Waals surface area contributed by atoms with Gasteiger partial charge in [-0.1, -0.05) is 75.7 Å². The molecule has 0 aliphatic heterocycles. The van der Waals surface area contributed by atoms with E-state index in [4.69, 9.17) is 0 Å². The third kappa shape index (κ3) is 7.40. The van der Waals surface area contributed by atoms with Crippen molar-refractivity contribution in [3.63, 3.8) is 0 Å². The molecular formula is C23H45NO2. The number of carbonyl (C=O) groups excluding carboxylic acids is 2. The zero-order valence-electron chi connectivity index (χ0n) is 19.2. The van der Waals surface area contributed by atoms with Crippen molar-refractivity contribution in [3.8, 4) is 0 Å². The first kappa shape index (κ1) is 25.1. The highest BCUT2D eigenvalue weighted by Gasteiger charge is 2.45. The Morgan fingerprint density at radius 1 is 0.962 bits per heavy atom. The van der Waals surface area contributed by atoms with Crippen LogP contribution in [-0.2, 0) is 9.59 Å². The monoisotopic (exact) mass is 367 g/mol. The van der Waals surface area contributed by atoms with Gasteiger partial charge in [0.1, 0.15) is 5.78 Å². The van der Waals surface area contributed by atoms with Crippen molar-refractivity contribution < 1.29 is 9.59 Å². The Labute approximate surface area is 163 Å². The van der Waals surface area contributed by atoms with E-state index in [1.165, 1.54) is 0 Å². The van der Waals surface area contributed by atoms with Gasteiger partial charge in [0.25, 0.3) is 0 Å². The van der Waals surface area contributed by atoms with Gasteiger partial charge in [0.15, 0.2) is 0 Å². The second kappa shape index (κ2) is 10.5. The van der Waals surface area contributed by atoms with Crippen LogP contribution >= 0.6 is 0 Å². The number of ketones is 1. The minimum Gasteiger partial charge on any atom is -0.356 e. The van der Waals surface area contributed by atoms with E-state index in [1.807, 2.05) is 34.6 Å². The largest absolute Gasteiger partial charge is 0.356 e. The molecule has 0 bridgehead atoms. The lowest BCUT2D eigenvalue weighted by atomic mass is 9.61. The van der Waals surface area contributed by atoms with Crippen molar-refractivity contribution in [2.75, 3.05) is 6.54 Å². The Balaban J connectivity index is 4.72. The van der Waals surface area contributed by atoms with Gasteiger partial charge in [-0.05, 0) is 36.0 Å². The normalized spacial score (nSPS) is 16.3. The molecule has 3 nitrogen and oxygen atoms in total. The fraction of sp³-hybridized carbons (Fsp3) is 0.913. The SMILES string of the molecule is CCCC(C)C(=O)C(C)(C)C(C)(C)CC(=O)NCC(C)CC(C)C(C)C. The molecule has 1 amide bonds. The maximum atomic E-state index is 12.9. The molecule has 0 saturated heterocycles. The van der Waals surface area contributed by atoms with E-state index < -0.39 is 5.41 Å². The lowest BCUT2D eigenvalue weighted by molar-refractivity contribution is -0.139. The van der Waals surface area contributed by atoms with Crippen LogP contribution in [-0.4, -0.2) is 18.2 Å². The quantitative estimate of drug-likeness (QED) is 0.469. The first-order valence-corrected chi connectivity index (χ1v) is 10.6. The number of Topliss-reactive ketones (excluding diaryl/α,β-unsaturated/α-hetero) is 1.